The van der Waals surface area contributed by atoms with Crippen molar-refractivity contribution >= 4 is 56.5 Å². The molecule has 0 radical (unpaired) electrons. The number of hydrogen-bond acceptors (Lipinski definition) is 7. The minimum absolute atomic E-state index is 0.0356. The van der Waals surface area contributed by atoms with Crippen molar-refractivity contribution in [3.63, 3.8) is 0 Å². The van der Waals surface area contributed by atoms with Crippen LogP contribution in [0.15, 0.2) is 63.9 Å². The van der Waals surface area contributed by atoms with Gasteiger partial charge in [-0.25, -0.2) is 4.98 Å². The maximum absolute atomic E-state index is 13.2. The second-order valence-corrected chi connectivity index (χ2v) is 8.84. The van der Waals surface area contributed by atoms with E-state index >= 15 is 0 Å². The number of nitrogens with one attached hydrogen (secondary N) is 1. The molecule has 2 aromatic carbocycles. The highest BCUT2D eigenvalue weighted by atomic mass is 35.5. The number of hydrogen-bond donors (Lipinski definition) is 1. The SMILES string of the molecule is COc1ccc(-n2c(SCC(=O)Nc3cc(Cl)ccc3OC)nc3ccsc3c2=O)cc1. The summed E-state index contributed by atoms with van der Waals surface area (Å²) in [5.74, 6) is 0.932. The van der Waals surface area contributed by atoms with Crippen molar-refractivity contribution in [3.05, 3.63) is 69.3 Å². The van der Waals surface area contributed by atoms with E-state index in [9.17, 15) is 9.59 Å². The normalized spacial score (nSPS) is 10.8. The minimum Gasteiger partial charge on any atom is -0.497 e. The quantitative estimate of drug-likeness (QED) is 0.296. The van der Waals surface area contributed by atoms with Crippen molar-refractivity contribution < 1.29 is 14.3 Å². The molecular formula is C22H18ClN3O4S2. The van der Waals surface area contributed by atoms with Gasteiger partial charge in [0.25, 0.3) is 5.56 Å². The zero-order chi connectivity index (χ0) is 22.7. The van der Waals surface area contributed by atoms with E-state index in [0.29, 0.717) is 43.3 Å². The summed E-state index contributed by atoms with van der Waals surface area (Å²) in [6.07, 6.45) is 0. The summed E-state index contributed by atoms with van der Waals surface area (Å²) in [5, 5.41) is 5.51. The van der Waals surface area contributed by atoms with Gasteiger partial charge in [0, 0.05) is 5.02 Å². The first kappa shape index (κ1) is 22.2. The average Bonchev–Trinajstić information content (AvgIpc) is 3.27. The number of carbonyl (C=O) groups excluding carboxylic acids is 1. The third kappa shape index (κ3) is 4.59. The van der Waals surface area contributed by atoms with Gasteiger partial charge in [-0.1, -0.05) is 23.4 Å². The molecule has 7 nitrogen and oxygen atoms in total. The fourth-order valence-corrected chi connectivity index (χ4v) is 4.79. The molecule has 0 saturated carbocycles. The summed E-state index contributed by atoms with van der Waals surface area (Å²) in [4.78, 5) is 30.4. The maximum Gasteiger partial charge on any atom is 0.276 e. The molecule has 164 valence electrons. The fourth-order valence-electron chi connectivity index (χ4n) is 3.04. The van der Waals surface area contributed by atoms with Crippen LogP contribution in [0.5, 0.6) is 11.5 Å². The van der Waals surface area contributed by atoms with Gasteiger partial charge in [-0.15, -0.1) is 11.3 Å². The van der Waals surface area contributed by atoms with Crippen molar-refractivity contribution in [1.82, 2.24) is 9.55 Å². The molecule has 0 bridgehead atoms. The predicted octanol–water partition coefficient (Wildman–Crippen LogP) is 4.85. The standard InChI is InChI=1S/C22H18ClN3O4S2/c1-29-15-6-4-14(5-7-15)26-21(28)20-16(9-10-31-20)25-22(26)32-12-19(27)24-17-11-13(23)3-8-18(17)30-2/h3-11H,12H2,1-2H3,(H,24,27). The van der Waals surface area contributed by atoms with Gasteiger partial charge >= 0.3 is 0 Å². The number of halogens is 1. The van der Waals surface area contributed by atoms with E-state index in [1.54, 1.807) is 55.6 Å². The molecule has 0 atom stereocenters. The number of benzene rings is 2. The summed E-state index contributed by atoms with van der Waals surface area (Å²) in [6, 6.07) is 13.9. The smallest absolute Gasteiger partial charge is 0.276 e. The molecule has 1 amide bonds. The highest BCUT2D eigenvalue weighted by Gasteiger charge is 2.16. The topological polar surface area (TPSA) is 82.4 Å². The molecule has 0 fully saturated rings. The van der Waals surface area contributed by atoms with Gasteiger partial charge in [-0.3, -0.25) is 14.2 Å². The van der Waals surface area contributed by atoms with Crippen molar-refractivity contribution in [1.29, 1.82) is 0 Å². The highest BCUT2D eigenvalue weighted by Crippen LogP contribution is 2.29. The Kier molecular flexibility index (Phi) is 6.69. The van der Waals surface area contributed by atoms with Crippen LogP contribution in [0.2, 0.25) is 5.02 Å². The molecular weight excluding hydrogens is 470 g/mol. The zero-order valence-corrected chi connectivity index (χ0v) is 19.5. The van der Waals surface area contributed by atoms with Crippen LogP contribution in [0, 0.1) is 0 Å². The van der Waals surface area contributed by atoms with Crippen molar-refractivity contribution in [2.45, 2.75) is 5.16 Å². The molecule has 4 aromatic rings. The lowest BCUT2D eigenvalue weighted by molar-refractivity contribution is -0.113. The fraction of sp³-hybridized carbons (Fsp3) is 0.136. The molecule has 0 aliphatic rings. The van der Waals surface area contributed by atoms with Gasteiger partial charge in [-0.2, -0.15) is 0 Å². The third-order valence-electron chi connectivity index (χ3n) is 4.55. The maximum atomic E-state index is 13.2. The van der Waals surface area contributed by atoms with Crippen LogP contribution in [0.4, 0.5) is 5.69 Å². The summed E-state index contributed by atoms with van der Waals surface area (Å²) < 4.78 is 12.5. The summed E-state index contributed by atoms with van der Waals surface area (Å²) >= 11 is 8.54. The van der Waals surface area contributed by atoms with E-state index in [4.69, 9.17) is 21.1 Å². The monoisotopic (exact) mass is 487 g/mol. The van der Waals surface area contributed by atoms with E-state index in [0.717, 1.165) is 0 Å². The van der Waals surface area contributed by atoms with Crippen LogP contribution in [0.3, 0.4) is 0 Å². The van der Waals surface area contributed by atoms with Crippen LogP contribution < -0.4 is 20.3 Å². The summed E-state index contributed by atoms with van der Waals surface area (Å²) in [6.45, 7) is 0. The van der Waals surface area contributed by atoms with Crippen molar-refractivity contribution in [3.8, 4) is 17.2 Å². The van der Waals surface area contributed by atoms with Gasteiger partial charge in [0.05, 0.1) is 36.9 Å². The lowest BCUT2D eigenvalue weighted by Crippen LogP contribution is -2.22. The minimum atomic E-state index is -0.281. The van der Waals surface area contributed by atoms with Gasteiger partial charge in [-0.05, 0) is 53.9 Å². The molecule has 0 aliphatic carbocycles. The number of carbonyl (C=O) groups is 1. The number of nitrogens with zero attached hydrogens (tertiary/aromatic N) is 2. The predicted molar refractivity (Wildman–Crippen MR) is 129 cm³/mol. The Labute approximate surface area is 197 Å². The number of ether oxygens (including phenoxy) is 2. The lowest BCUT2D eigenvalue weighted by Gasteiger charge is -2.13. The zero-order valence-electron chi connectivity index (χ0n) is 17.1. The van der Waals surface area contributed by atoms with Crippen molar-refractivity contribution in [2.24, 2.45) is 0 Å². The number of anilines is 1. The third-order valence-corrected chi connectivity index (χ3v) is 6.61. The van der Waals surface area contributed by atoms with Crippen LogP contribution in [0.1, 0.15) is 0 Å². The molecule has 2 heterocycles. The molecule has 0 spiro atoms. The van der Waals surface area contributed by atoms with Crippen LogP contribution in [-0.2, 0) is 4.79 Å². The van der Waals surface area contributed by atoms with E-state index in [2.05, 4.69) is 10.3 Å². The van der Waals surface area contributed by atoms with Gasteiger partial charge in [0.15, 0.2) is 5.16 Å². The molecule has 0 aliphatic heterocycles. The first-order chi connectivity index (χ1) is 15.5. The Bertz CT molecular complexity index is 1340. The Hall–Kier alpha value is -3.01. The van der Waals surface area contributed by atoms with Gasteiger partial charge in [0.1, 0.15) is 16.2 Å². The molecule has 2 aromatic heterocycles. The number of aromatic nitrogens is 2. The molecule has 32 heavy (non-hydrogen) atoms. The summed E-state index contributed by atoms with van der Waals surface area (Å²) in [7, 11) is 3.09. The largest absolute Gasteiger partial charge is 0.497 e. The van der Waals surface area contributed by atoms with E-state index in [-0.39, 0.29) is 17.2 Å². The van der Waals surface area contributed by atoms with Crippen molar-refractivity contribution in [2.75, 3.05) is 25.3 Å². The Morgan fingerprint density at radius 2 is 1.94 bits per heavy atom. The summed E-state index contributed by atoms with van der Waals surface area (Å²) in [5.41, 5.74) is 1.52. The Morgan fingerprint density at radius 1 is 1.16 bits per heavy atom. The van der Waals surface area contributed by atoms with E-state index in [1.165, 1.54) is 34.8 Å². The number of methoxy groups -OCH3 is 2. The number of amides is 1. The molecule has 0 saturated heterocycles. The number of rotatable bonds is 7. The number of fused-ring (bicyclic) bond motifs is 1. The molecule has 1 N–H and O–H groups in total. The lowest BCUT2D eigenvalue weighted by atomic mass is 10.3. The second kappa shape index (κ2) is 9.64. The first-order valence-corrected chi connectivity index (χ1v) is 11.7. The van der Waals surface area contributed by atoms with Crippen LogP contribution >= 0.6 is 34.7 Å². The average molecular weight is 488 g/mol. The number of thioether (sulfide) groups is 1. The van der Waals surface area contributed by atoms with Crippen LogP contribution in [0.25, 0.3) is 15.9 Å². The second-order valence-electron chi connectivity index (χ2n) is 6.55. The van der Waals surface area contributed by atoms with E-state index in [1.807, 2.05) is 5.38 Å². The Morgan fingerprint density at radius 3 is 2.66 bits per heavy atom. The molecule has 4 rings (SSSR count). The first-order valence-electron chi connectivity index (χ1n) is 9.41. The number of thiophene rings is 1. The van der Waals surface area contributed by atoms with Gasteiger partial charge < -0.3 is 14.8 Å². The molecule has 10 heteroatoms. The molecule has 0 unspecified atom stereocenters. The van der Waals surface area contributed by atoms with E-state index < -0.39 is 0 Å². The van der Waals surface area contributed by atoms with Crippen LogP contribution in [-0.4, -0.2) is 35.4 Å². The highest BCUT2D eigenvalue weighted by molar-refractivity contribution is 7.99. The Balaban J connectivity index is 1.63. The van der Waals surface area contributed by atoms with Gasteiger partial charge in [0.2, 0.25) is 5.91 Å².